The van der Waals surface area contributed by atoms with E-state index < -0.39 is 0 Å². The van der Waals surface area contributed by atoms with E-state index in [1.807, 2.05) is 30.2 Å². The highest BCUT2D eigenvalue weighted by Gasteiger charge is 2.25. The lowest BCUT2D eigenvalue weighted by atomic mass is 10.1. The minimum Gasteiger partial charge on any atom is -0.496 e. The molecule has 1 aliphatic rings. The molecule has 0 bridgehead atoms. The van der Waals surface area contributed by atoms with Gasteiger partial charge in [-0.1, -0.05) is 30.3 Å². The highest BCUT2D eigenvalue weighted by molar-refractivity contribution is 7.99. The zero-order valence-corrected chi connectivity index (χ0v) is 15.0. The molecule has 128 valence electrons. The Morgan fingerprint density at radius 2 is 1.96 bits per heavy atom. The fraction of sp³-hybridized carbons (Fsp3) is 0.238. The summed E-state index contributed by atoms with van der Waals surface area (Å²) in [6.07, 6.45) is 4.64. The van der Waals surface area contributed by atoms with Gasteiger partial charge in [-0.15, -0.1) is 11.8 Å². The first-order valence-corrected chi connectivity index (χ1v) is 9.38. The number of benzene rings is 2. The zero-order chi connectivity index (χ0) is 17.1. The van der Waals surface area contributed by atoms with E-state index in [4.69, 9.17) is 9.15 Å². The molecule has 2 aromatic carbocycles. The highest BCUT2D eigenvalue weighted by atomic mass is 32.2. The molecular weight excluding hydrogens is 330 g/mol. The number of rotatable bonds is 4. The third-order valence-corrected chi connectivity index (χ3v) is 5.95. The van der Waals surface area contributed by atoms with E-state index in [2.05, 4.69) is 47.4 Å². The largest absolute Gasteiger partial charge is 0.496 e. The van der Waals surface area contributed by atoms with Crippen molar-refractivity contribution >= 4 is 17.4 Å². The molecule has 4 rings (SSSR count). The van der Waals surface area contributed by atoms with Crippen LogP contribution in [0.2, 0.25) is 0 Å². The van der Waals surface area contributed by atoms with Gasteiger partial charge in [0, 0.05) is 34.4 Å². The summed E-state index contributed by atoms with van der Waals surface area (Å²) in [7, 11) is 1.75. The predicted molar refractivity (Wildman–Crippen MR) is 102 cm³/mol. The molecule has 1 unspecified atom stereocenters. The van der Waals surface area contributed by atoms with Crippen LogP contribution < -0.4 is 9.64 Å². The van der Waals surface area contributed by atoms with Gasteiger partial charge in [-0.2, -0.15) is 0 Å². The molecule has 3 aromatic rings. The third-order valence-electron chi connectivity index (χ3n) is 4.58. The van der Waals surface area contributed by atoms with E-state index in [0.29, 0.717) is 5.25 Å². The maximum absolute atomic E-state index is 5.60. The maximum atomic E-state index is 5.60. The van der Waals surface area contributed by atoms with Gasteiger partial charge < -0.3 is 14.1 Å². The summed E-state index contributed by atoms with van der Waals surface area (Å²) in [6.45, 7) is 1.87. The Kier molecular flexibility index (Phi) is 4.70. The predicted octanol–water partition coefficient (Wildman–Crippen LogP) is 5.53. The highest BCUT2D eigenvalue weighted by Crippen LogP contribution is 2.47. The topological polar surface area (TPSA) is 25.6 Å². The van der Waals surface area contributed by atoms with E-state index in [9.17, 15) is 0 Å². The van der Waals surface area contributed by atoms with Gasteiger partial charge in [-0.3, -0.25) is 0 Å². The minimum absolute atomic E-state index is 0.381. The Hall–Kier alpha value is -2.33. The molecule has 0 aliphatic carbocycles. The molecule has 2 heterocycles. The molecule has 25 heavy (non-hydrogen) atoms. The quantitative estimate of drug-likeness (QED) is 0.617. The molecule has 0 saturated carbocycles. The molecule has 1 atom stereocenters. The number of hydrogen-bond acceptors (Lipinski definition) is 4. The monoisotopic (exact) mass is 351 g/mol. The lowest BCUT2D eigenvalue weighted by molar-refractivity contribution is 0.409. The van der Waals surface area contributed by atoms with Crippen LogP contribution in [0.15, 0.2) is 76.4 Å². The second kappa shape index (κ2) is 7.28. The van der Waals surface area contributed by atoms with Gasteiger partial charge in [0.25, 0.3) is 0 Å². The van der Waals surface area contributed by atoms with Gasteiger partial charge in [0.15, 0.2) is 0 Å². The smallest absolute Gasteiger partial charge is 0.123 e. The number of ether oxygens (including phenoxy) is 1. The Bertz CT molecular complexity index is 831. The number of furan rings is 1. The van der Waals surface area contributed by atoms with Gasteiger partial charge >= 0.3 is 0 Å². The second-order valence-corrected chi connectivity index (χ2v) is 7.40. The fourth-order valence-corrected chi connectivity index (χ4v) is 4.67. The Balaban J connectivity index is 1.66. The number of methoxy groups -OCH3 is 1. The van der Waals surface area contributed by atoms with Gasteiger partial charge in [-0.05, 0) is 30.7 Å². The lowest BCUT2D eigenvalue weighted by Crippen LogP contribution is -2.23. The molecule has 1 aliphatic heterocycles. The average Bonchev–Trinajstić information content (AvgIpc) is 3.10. The van der Waals surface area contributed by atoms with Crippen molar-refractivity contribution in [1.29, 1.82) is 0 Å². The SMILES string of the molecule is COc1ccccc1C1CCN(Cc2ccoc2)c2ccccc2S1. The first-order chi connectivity index (χ1) is 12.3. The van der Waals surface area contributed by atoms with Crippen molar-refractivity contribution in [3.63, 3.8) is 0 Å². The lowest BCUT2D eigenvalue weighted by Gasteiger charge is -2.24. The Morgan fingerprint density at radius 1 is 1.12 bits per heavy atom. The summed E-state index contributed by atoms with van der Waals surface area (Å²) >= 11 is 1.93. The van der Waals surface area contributed by atoms with Crippen LogP contribution in [0.4, 0.5) is 5.69 Å². The molecule has 1 aromatic heterocycles. The Labute approximate surface area is 152 Å². The Morgan fingerprint density at radius 3 is 2.80 bits per heavy atom. The number of hydrogen-bond donors (Lipinski definition) is 0. The minimum atomic E-state index is 0.381. The van der Waals surface area contributed by atoms with Gasteiger partial charge in [0.1, 0.15) is 5.75 Å². The number of thioether (sulfide) groups is 1. The number of nitrogens with zero attached hydrogens (tertiary/aromatic N) is 1. The number of para-hydroxylation sites is 2. The molecule has 0 radical (unpaired) electrons. The van der Waals surface area contributed by atoms with Crippen molar-refractivity contribution in [3.8, 4) is 5.75 Å². The van der Waals surface area contributed by atoms with Crippen molar-refractivity contribution < 1.29 is 9.15 Å². The molecule has 0 fully saturated rings. The van der Waals surface area contributed by atoms with Crippen molar-refractivity contribution in [2.24, 2.45) is 0 Å². The average molecular weight is 351 g/mol. The zero-order valence-electron chi connectivity index (χ0n) is 14.2. The summed E-state index contributed by atoms with van der Waals surface area (Å²) in [5.41, 5.74) is 3.77. The van der Waals surface area contributed by atoms with E-state index in [-0.39, 0.29) is 0 Å². The standard InChI is InChI=1S/C21H21NO2S/c1-23-19-8-4-2-6-17(19)20-10-12-22(14-16-11-13-24-15-16)18-7-3-5-9-21(18)25-20/h2-9,11,13,15,20H,10,12,14H2,1H3. The van der Waals surface area contributed by atoms with Crippen molar-refractivity contribution in [2.45, 2.75) is 23.1 Å². The summed E-state index contributed by atoms with van der Waals surface area (Å²) in [5, 5.41) is 0.381. The van der Waals surface area contributed by atoms with Crippen LogP contribution in [0.3, 0.4) is 0 Å². The van der Waals surface area contributed by atoms with E-state index in [0.717, 1.165) is 25.3 Å². The van der Waals surface area contributed by atoms with Crippen LogP contribution in [0.5, 0.6) is 5.75 Å². The van der Waals surface area contributed by atoms with E-state index in [1.165, 1.54) is 21.7 Å². The van der Waals surface area contributed by atoms with Gasteiger partial charge in [0.2, 0.25) is 0 Å². The van der Waals surface area contributed by atoms with Crippen molar-refractivity contribution in [3.05, 3.63) is 78.3 Å². The van der Waals surface area contributed by atoms with E-state index >= 15 is 0 Å². The first kappa shape index (κ1) is 16.2. The van der Waals surface area contributed by atoms with E-state index in [1.54, 1.807) is 13.4 Å². The summed E-state index contributed by atoms with van der Waals surface area (Å²) in [5.74, 6) is 0.973. The van der Waals surface area contributed by atoms with Crippen molar-refractivity contribution in [2.75, 3.05) is 18.6 Å². The van der Waals surface area contributed by atoms with Crippen molar-refractivity contribution in [1.82, 2.24) is 0 Å². The second-order valence-electron chi connectivity index (χ2n) is 6.16. The first-order valence-electron chi connectivity index (χ1n) is 8.50. The molecule has 0 spiro atoms. The van der Waals surface area contributed by atoms with Gasteiger partial charge in [-0.25, -0.2) is 0 Å². The molecule has 0 saturated heterocycles. The molecule has 4 heteroatoms. The van der Waals surface area contributed by atoms with Gasteiger partial charge in [0.05, 0.1) is 25.3 Å². The van der Waals surface area contributed by atoms with Crippen LogP contribution in [-0.4, -0.2) is 13.7 Å². The van der Waals surface area contributed by atoms with Crippen LogP contribution in [-0.2, 0) is 6.54 Å². The fourth-order valence-electron chi connectivity index (χ4n) is 3.34. The third kappa shape index (κ3) is 3.40. The van der Waals surface area contributed by atoms with Crippen LogP contribution >= 0.6 is 11.8 Å². The summed E-state index contributed by atoms with van der Waals surface area (Å²) in [4.78, 5) is 3.77. The summed E-state index contributed by atoms with van der Waals surface area (Å²) < 4.78 is 10.8. The maximum Gasteiger partial charge on any atom is 0.123 e. The molecule has 0 amide bonds. The summed E-state index contributed by atoms with van der Waals surface area (Å²) in [6, 6.07) is 19.1. The van der Waals surface area contributed by atoms with Crippen LogP contribution in [0.25, 0.3) is 0 Å². The van der Waals surface area contributed by atoms with Crippen LogP contribution in [0, 0.1) is 0 Å². The molecular formula is C21H21NO2S. The molecule has 3 nitrogen and oxygen atoms in total. The molecule has 0 N–H and O–H groups in total. The number of fused-ring (bicyclic) bond motifs is 1. The number of anilines is 1. The normalized spacial score (nSPS) is 17.0. The van der Waals surface area contributed by atoms with Crippen LogP contribution in [0.1, 0.15) is 22.8 Å².